The third kappa shape index (κ3) is 5.04. The predicted octanol–water partition coefficient (Wildman–Crippen LogP) is 2.22. The average molecular weight is 517 g/mol. The maximum Gasteiger partial charge on any atom is 0.331 e. The van der Waals surface area contributed by atoms with Crippen LogP contribution in [0.1, 0.15) is 16.7 Å². The van der Waals surface area contributed by atoms with E-state index in [1.54, 1.807) is 11.6 Å². The van der Waals surface area contributed by atoms with Crippen molar-refractivity contribution in [2.45, 2.75) is 26.0 Å². The summed E-state index contributed by atoms with van der Waals surface area (Å²) in [6, 6.07) is 7.17. The predicted molar refractivity (Wildman–Crippen MR) is 137 cm³/mol. The fourth-order valence-corrected chi connectivity index (χ4v) is 4.73. The largest absolute Gasteiger partial charge is 0.375 e. The Morgan fingerprint density at radius 1 is 1.26 bits per heavy atom. The molecule has 0 aliphatic carbocycles. The maximum atomic E-state index is 12.5. The Morgan fingerprint density at radius 3 is 2.86 bits per heavy atom. The molecule has 1 aliphatic rings. The number of hydrogen-bond acceptors (Lipinski definition) is 6. The summed E-state index contributed by atoms with van der Waals surface area (Å²) in [6.45, 7) is 4.51. The first-order valence-electron chi connectivity index (χ1n) is 11.1. The van der Waals surface area contributed by atoms with Crippen LogP contribution in [-0.4, -0.2) is 49.5 Å². The molecular formula is C24H26Cl2N6O3. The fraction of sp³-hybridized carbons (Fsp3) is 0.333. The summed E-state index contributed by atoms with van der Waals surface area (Å²) in [7, 11) is 1.62. The third-order valence-electron chi connectivity index (χ3n) is 6.17. The van der Waals surface area contributed by atoms with Gasteiger partial charge in [0.15, 0.2) is 0 Å². The molecule has 1 fully saturated rings. The van der Waals surface area contributed by atoms with E-state index in [1.165, 1.54) is 27.7 Å². The van der Waals surface area contributed by atoms with E-state index in [1.807, 2.05) is 31.3 Å². The monoisotopic (exact) mass is 516 g/mol. The molecule has 0 bridgehead atoms. The molecule has 0 amide bonds. The summed E-state index contributed by atoms with van der Waals surface area (Å²) in [5.41, 5.74) is 4.66. The number of ether oxygens (including phenoxy) is 1. The molecule has 0 saturated carbocycles. The van der Waals surface area contributed by atoms with Crippen molar-refractivity contribution in [1.82, 2.24) is 29.0 Å². The van der Waals surface area contributed by atoms with Crippen molar-refractivity contribution in [3.8, 4) is 11.3 Å². The minimum atomic E-state index is -0.372. The van der Waals surface area contributed by atoms with Crippen molar-refractivity contribution in [1.29, 1.82) is 0 Å². The molecule has 184 valence electrons. The van der Waals surface area contributed by atoms with Gasteiger partial charge in [-0.1, -0.05) is 11.6 Å². The normalized spacial score (nSPS) is 15.8. The highest BCUT2D eigenvalue weighted by molar-refractivity contribution is 6.31. The van der Waals surface area contributed by atoms with Crippen LogP contribution in [0, 0.1) is 6.92 Å². The summed E-state index contributed by atoms with van der Waals surface area (Å²) in [5.74, 6) is 0. The molecular weight excluding hydrogens is 491 g/mol. The lowest BCUT2D eigenvalue weighted by Crippen LogP contribution is -2.39. The van der Waals surface area contributed by atoms with Crippen molar-refractivity contribution < 1.29 is 4.74 Å². The molecule has 11 heteroatoms. The van der Waals surface area contributed by atoms with E-state index >= 15 is 0 Å². The van der Waals surface area contributed by atoms with Crippen LogP contribution < -0.4 is 16.6 Å². The Bertz CT molecular complexity index is 1490. The van der Waals surface area contributed by atoms with E-state index in [0.717, 1.165) is 53.0 Å². The van der Waals surface area contributed by atoms with Crippen LogP contribution in [0.2, 0.25) is 5.02 Å². The van der Waals surface area contributed by atoms with Gasteiger partial charge in [0.25, 0.3) is 5.56 Å². The molecule has 1 aromatic carbocycles. The van der Waals surface area contributed by atoms with Crippen LogP contribution in [0.25, 0.3) is 16.8 Å². The van der Waals surface area contributed by atoms with E-state index in [9.17, 15) is 9.59 Å². The van der Waals surface area contributed by atoms with Crippen molar-refractivity contribution in [3.63, 3.8) is 0 Å². The lowest BCUT2D eigenvalue weighted by Gasteiger charge is -2.25. The Balaban J connectivity index is 0.00000289. The molecule has 4 heterocycles. The van der Waals surface area contributed by atoms with Gasteiger partial charge >= 0.3 is 5.69 Å². The molecule has 1 unspecified atom stereocenters. The number of benzene rings is 1. The van der Waals surface area contributed by atoms with Crippen molar-refractivity contribution in [3.05, 3.63) is 85.5 Å². The highest BCUT2D eigenvalue weighted by Crippen LogP contribution is 2.33. The zero-order valence-electron chi connectivity index (χ0n) is 19.4. The average Bonchev–Trinajstić information content (AvgIpc) is 3.24. The summed E-state index contributed by atoms with van der Waals surface area (Å²) >= 11 is 6.46. The summed E-state index contributed by atoms with van der Waals surface area (Å²) in [4.78, 5) is 29.4. The van der Waals surface area contributed by atoms with Crippen LogP contribution in [0.4, 0.5) is 0 Å². The van der Waals surface area contributed by atoms with Crippen molar-refractivity contribution in [2.24, 2.45) is 7.05 Å². The van der Waals surface area contributed by atoms with Crippen molar-refractivity contribution in [2.75, 3.05) is 19.7 Å². The minimum absolute atomic E-state index is 0. The standard InChI is InChI=1S/C24H25ClN6O3.ClH/c1-15-7-17(25)9-20(19(15)10-18-11-26-4-6-34-18)23-21-8-16(13-31(21)28-14-27-23)12-30-22(32)3-5-29(2)24(30)33;/h3,5,7-9,13-14,18,26H,4,6,10-12H2,1-2H3;1H. The molecule has 1 N–H and O–H groups in total. The fourth-order valence-electron chi connectivity index (χ4n) is 4.45. The van der Waals surface area contributed by atoms with Gasteiger partial charge in [0, 0.05) is 55.6 Å². The molecule has 1 atom stereocenters. The quantitative estimate of drug-likeness (QED) is 0.437. The Morgan fingerprint density at radius 2 is 2.09 bits per heavy atom. The smallest absolute Gasteiger partial charge is 0.331 e. The summed E-state index contributed by atoms with van der Waals surface area (Å²) in [6.07, 6.45) is 5.57. The first-order chi connectivity index (χ1) is 16.4. The van der Waals surface area contributed by atoms with Gasteiger partial charge in [-0.05, 0) is 41.8 Å². The van der Waals surface area contributed by atoms with E-state index in [2.05, 4.69) is 15.4 Å². The molecule has 4 aromatic rings. The lowest BCUT2D eigenvalue weighted by molar-refractivity contribution is 0.0292. The van der Waals surface area contributed by atoms with Gasteiger partial charge in [-0.2, -0.15) is 5.10 Å². The second kappa shape index (κ2) is 10.3. The minimum Gasteiger partial charge on any atom is -0.375 e. The van der Waals surface area contributed by atoms with Crippen LogP contribution in [0.3, 0.4) is 0 Å². The van der Waals surface area contributed by atoms with Crippen LogP contribution in [0.5, 0.6) is 0 Å². The molecule has 1 saturated heterocycles. The number of aryl methyl sites for hydroxylation is 2. The van der Waals surface area contributed by atoms with E-state index in [-0.39, 0.29) is 36.3 Å². The first kappa shape index (κ1) is 25.1. The number of aromatic nitrogens is 5. The van der Waals surface area contributed by atoms with Gasteiger partial charge in [0.05, 0.1) is 30.5 Å². The first-order valence-corrected chi connectivity index (χ1v) is 11.5. The molecule has 0 spiro atoms. The van der Waals surface area contributed by atoms with Crippen LogP contribution in [-0.2, 0) is 24.8 Å². The lowest BCUT2D eigenvalue weighted by atomic mass is 9.94. The third-order valence-corrected chi connectivity index (χ3v) is 6.39. The van der Waals surface area contributed by atoms with Crippen LogP contribution >= 0.6 is 24.0 Å². The van der Waals surface area contributed by atoms with Gasteiger partial charge in [0.1, 0.15) is 6.33 Å². The number of rotatable bonds is 5. The molecule has 35 heavy (non-hydrogen) atoms. The second-order valence-electron chi connectivity index (χ2n) is 8.57. The number of hydrogen-bond donors (Lipinski definition) is 1. The Labute approximate surface area is 212 Å². The number of morpholine rings is 1. The zero-order valence-corrected chi connectivity index (χ0v) is 21.0. The molecule has 5 rings (SSSR count). The van der Waals surface area contributed by atoms with Gasteiger partial charge < -0.3 is 14.6 Å². The molecule has 9 nitrogen and oxygen atoms in total. The summed E-state index contributed by atoms with van der Waals surface area (Å²) < 4.78 is 10.2. The molecule has 0 radical (unpaired) electrons. The highest BCUT2D eigenvalue weighted by atomic mass is 35.5. The Hall–Kier alpha value is -2.98. The van der Waals surface area contributed by atoms with Gasteiger partial charge in [-0.15, -0.1) is 12.4 Å². The number of halogens is 2. The van der Waals surface area contributed by atoms with E-state index in [0.29, 0.717) is 11.6 Å². The SMILES string of the molecule is Cc1cc(Cl)cc(-c2ncnn3cc(Cn4c(=O)ccn(C)c4=O)cc23)c1CC1CNCCO1.Cl. The zero-order chi connectivity index (χ0) is 23.8. The molecule has 1 aliphatic heterocycles. The van der Waals surface area contributed by atoms with E-state index in [4.69, 9.17) is 16.3 Å². The number of fused-ring (bicyclic) bond motifs is 1. The van der Waals surface area contributed by atoms with Crippen molar-refractivity contribution >= 4 is 29.5 Å². The van der Waals surface area contributed by atoms with Gasteiger partial charge in [-0.25, -0.2) is 14.3 Å². The van der Waals surface area contributed by atoms with Crippen LogP contribution in [0.15, 0.2) is 52.6 Å². The van der Waals surface area contributed by atoms with Gasteiger partial charge in [0.2, 0.25) is 0 Å². The second-order valence-corrected chi connectivity index (χ2v) is 9.01. The van der Waals surface area contributed by atoms with Gasteiger partial charge in [-0.3, -0.25) is 9.36 Å². The molecule has 3 aromatic heterocycles. The number of nitrogens with zero attached hydrogens (tertiary/aromatic N) is 5. The maximum absolute atomic E-state index is 12.5. The summed E-state index contributed by atoms with van der Waals surface area (Å²) in [5, 5.41) is 8.35. The highest BCUT2D eigenvalue weighted by Gasteiger charge is 2.21. The van der Waals surface area contributed by atoms with E-state index < -0.39 is 0 Å². The number of nitrogens with one attached hydrogen (secondary N) is 1. The Kier molecular flexibility index (Phi) is 7.42. The topological polar surface area (TPSA) is 95.5 Å².